The molecule has 24 heteroatoms. The fourth-order valence-corrected chi connectivity index (χ4v) is 6.48. The maximum Gasteiger partial charge on any atom is 0.212 e. The zero-order valence-electron chi connectivity index (χ0n) is 38.7. The molecule has 0 fully saturated rings. The molecule has 4 aliphatic carbocycles. The van der Waals surface area contributed by atoms with Crippen LogP contribution in [-0.4, -0.2) is 23.1 Å². The molecule has 390 valence electrons. The van der Waals surface area contributed by atoms with Gasteiger partial charge in [0.1, 0.15) is 40.2 Å². The molecular weight excluding hydrogens is 1040 g/mol. The van der Waals surface area contributed by atoms with Crippen molar-refractivity contribution in [3.63, 3.8) is 0 Å². The summed E-state index contributed by atoms with van der Waals surface area (Å²) in [5, 5.41) is 11.2. The maximum atomic E-state index is 13.8. The first-order valence-corrected chi connectivity index (χ1v) is 20.6. The molecule has 4 aromatic rings. The van der Waals surface area contributed by atoms with Gasteiger partial charge in [0, 0.05) is 83.1 Å². The van der Waals surface area contributed by atoms with E-state index >= 15 is 0 Å². The summed E-state index contributed by atoms with van der Waals surface area (Å²) < 4.78 is 53.4. The lowest BCUT2D eigenvalue weighted by atomic mass is 9.93. The van der Waals surface area contributed by atoms with Gasteiger partial charge in [-0.1, -0.05) is 44.5 Å². The molecule has 0 atom stereocenters. The highest BCUT2D eigenvalue weighted by molar-refractivity contribution is 6.22. The Morgan fingerprint density at radius 1 is 0.438 bits per heavy atom. The van der Waals surface area contributed by atoms with Crippen molar-refractivity contribution in [1.29, 1.82) is 0 Å². The summed E-state index contributed by atoms with van der Waals surface area (Å²) in [4.78, 5) is 45.6. The molecule has 0 saturated carbocycles. The number of hydrogen-bond donors (Lipinski definition) is 12. The lowest BCUT2D eigenvalue weighted by Gasteiger charge is -2.23. The molecule has 16 nitrogen and oxygen atoms in total. The number of hydrogen-bond acceptors (Lipinski definition) is 16. The van der Waals surface area contributed by atoms with Crippen LogP contribution in [0.2, 0.25) is 0 Å². The van der Waals surface area contributed by atoms with Crippen molar-refractivity contribution in [3.05, 3.63) is 218 Å². The van der Waals surface area contributed by atoms with E-state index in [0.717, 1.165) is 5.56 Å². The van der Waals surface area contributed by atoms with Crippen LogP contribution in [0.4, 0.5) is 34.6 Å². The molecule has 4 aromatic carbocycles. The van der Waals surface area contributed by atoms with Gasteiger partial charge in [-0.25, -0.2) is 17.6 Å². The number of carbonyl (C=O) groups is 4. The zero-order chi connectivity index (χ0) is 51.0. The van der Waals surface area contributed by atoms with Gasteiger partial charge in [0.15, 0.2) is 5.82 Å². The molecule has 73 heavy (non-hydrogen) atoms. The van der Waals surface area contributed by atoms with E-state index in [1.54, 1.807) is 36.4 Å². The van der Waals surface area contributed by atoms with Crippen LogP contribution in [0.15, 0.2) is 167 Å². The van der Waals surface area contributed by atoms with Crippen LogP contribution in [0, 0.1) is 23.3 Å². The number of halogens is 8. The first kappa shape index (κ1) is 63.6. The number of rotatable bonds is 13. The SMILES string of the molecule is C=C1C(=O)C(NCc2ccc(F)c(CN)c2)=C1N.C=C1C(=O)C(Nc2cc(F)cc(CN)c2)=C1N.C=C1C(=O)C(Nc2ccc(F)c(CN)c2)=C1N.C=C1C(=O)C(Nc2cccc(CN)c2F)=C1N.Cl.Cl.Cl.Cl. The first-order chi connectivity index (χ1) is 32.7. The number of allylic oxidation sites excluding steroid dienone is 8. The summed E-state index contributed by atoms with van der Waals surface area (Å²) in [6.45, 7) is 15.0. The van der Waals surface area contributed by atoms with Gasteiger partial charge < -0.3 is 67.1 Å². The number of benzene rings is 4. The molecule has 0 amide bonds. The van der Waals surface area contributed by atoms with Crippen molar-refractivity contribution in [3.8, 4) is 0 Å². The van der Waals surface area contributed by atoms with Crippen molar-refractivity contribution < 1.29 is 36.7 Å². The molecular formula is C49H54Cl4F4N12O4. The molecule has 0 bridgehead atoms. The topological polar surface area (TPSA) is 325 Å². The minimum absolute atomic E-state index is 0. The van der Waals surface area contributed by atoms with E-state index in [9.17, 15) is 36.7 Å². The first-order valence-electron chi connectivity index (χ1n) is 20.6. The van der Waals surface area contributed by atoms with Gasteiger partial charge in [-0.15, -0.1) is 49.6 Å². The summed E-state index contributed by atoms with van der Waals surface area (Å²) in [5.41, 5.74) is 51.5. The third-order valence-electron chi connectivity index (χ3n) is 10.7. The van der Waals surface area contributed by atoms with E-state index in [2.05, 4.69) is 47.6 Å². The molecule has 8 rings (SSSR count). The van der Waals surface area contributed by atoms with Gasteiger partial charge in [0.2, 0.25) is 23.1 Å². The highest BCUT2D eigenvalue weighted by atomic mass is 35.5. The smallest absolute Gasteiger partial charge is 0.212 e. The number of nitrogens with one attached hydrogen (secondary N) is 4. The normalized spacial score (nSPS) is 14.1. The number of anilines is 3. The number of ketones is 4. The highest BCUT2D eigenvalue weighted by Crippen LogP contribution is 2.30. The molecule has 0 heterocycles. The number of carbonyl (C=O) groups excluding carboxylic acids is 4. The van der Waals surface area contributed by atoms with Crippen LogP contribution >= 0.6 is 49.6 Å². The molecule has 4 aliphatic rings. The number of Topliss-reactive ketones (excluding diaryl/α,β-unsaturated/α-hetero) is 4. The monoisotopic (exact) mass is 1090 g/mol. The van der Waals surface area contributed by atoms with Gasteiger partial charge in [0.25, 0.3) is 0 Å². The maximum absolute atomic E-state index is 13.8. The summed E-state index contributed by atoms with van der Waals surface area (Å²) in [7, 11) is 0. The molecule has 20 N–H and O–H groups in total. The van der Waals surface area contributed by atoms with E-state index in [0.29, 0.717) is 79.8 Å². The van der Waals surface area contributed by atoms with Gasteiger partial charge in [-0.3, -0.25) is 19.2 Å². The fraction of sp³-hybridized carbons (Fsp3) is 0.102. The van der Waals surface area contributed by atoms with Gasteiger partial charge in [-0.05, 0) is 65.7 Å². The van der Waals surface area contributed by atoms with Crippen LogP contribution in [0.3, 0.4) is 0 Å². The largest absolute Gasteiger partial charge is 0.396 e. The lowest BCUT2D eigenvalue weighted by molar-refractivity contribution is -0.114. The average Bonchev–Trinajstić information content (AvgIpc) is 3.36. The third kappa shape index (κ3) is 14.2. The van der Waals surface area contributed by atoms with E-state index in [-0.39, 0.29) is 144 Å². The van der Waals surface area contributed by atoms with E-state index in [1.165, 1.54) is 36.4 Å². The molecule has 0 aliphatic heterocycles. The molecule has 0 radical (unpaired) electrons. The number of nitrogens with two attached hydrogens (primary N) is 8. The molecule has 0 saturated heterocycles. The second kappa shape index (κ2) is 27.4. The molecule has 0 aromatic heterocycles. The van der Waals surface area contributed by atoms with Crippen LogP contribution in [0.25, 0.3) is 0 Å². The Kier molecular flexibility index (Phi) is 23.9. The third-order valence-corrected chi connectivity index (χ3v) is 10.7. The van der Waals surface area contributed by atoms with E-state index in [4.69, 9.17) is 45.9 Å². The van der Waals surface area contributed by atoms with E-state index < -0.39 is 11.6 Å². The zero-order valence-corrected chi connectivity index (χ0v) is 42.0. The Hall–Kier alpha value is -7.40. The van der Waals surface area contributed by atoms with Crippen molar-refractivity contribution in [2.45, 2.75) is 32.7 Å². The standard InChI is InChI=1S/C13H14FN3O.3C12H12FN3O.4ClH/c1-7-11(16)12(13(7)18)17-6-8-2-3-10(14)9(4-8)5-15;1-6-10(15)11(12(6)17)16-9-3-7(5-14)2-8(13)4-9;1-6-10(15)11(12(6)17)16-8-2-3-9(13)7(4-8)5-14;1-6-10(15)11(12(6)17)16-8-4-2-3-7(5-14)9(8)13;;;;/h2-4,17H,1,5-6,15-16H2;3*2-4,16H,1,5,14-15H2;4*1H. The van der Waals surface area contributed by atoms with Crippen LogP contribution < -0.4 is 67.1 Å². The Morgan fingerprint density at radius 3 is 1.34 bits per heavy atom. The Morgan fingerprint density at radius 2 is 0.877 bits per heavy atom. The predicted octanol–water partition coefficient (Wildman–Crippen LogP) is 5.39. The van der Waals surface area contributed by atoms with E-state index in [1.807, 2.05) is 0 Å². The second-order valence-electron chi connectivity index (χ2n) is 15.3. The second-order valence-corrected chi connectivity index (χ2v) is 15.3. The summed E-state index contributed by atoms with van der Waals surface area (Å²) in [5.74, 6) is -2.52. The van der Waals surface area contributed by atoms with Crippen LogP contribution in [0.1, 0.15) is 27.8 Å². The van der Waals surface area contributed by atoms with Crippen molar-refractivity contribution in [2.24, 2.45) is 45.9 Å². The Bertz CT molecular complexity index is 3030. The fourth-order valence-electron chi connectivity index (χ4n) is 6.48. The minimum atomic E-state index is -0.472. The van der Waals surface area contributed by atoms with Gasteiger partial charge >= 0.3 is 0 Å². The van der Waals surface area contributed by atoms with Gasteiger partial charge in [0.05, 0.1) is 28.5 Å². The Balaban J connectivity index is 0.000000478. The van der Waals surface area contributed by atoms with Crippen molar-refractivity contribution in [1.82, 2.24) is 5.32 Å². The molecule has 0 unspecified atom stereocenters. The quantitative estimate of drug-likeness (QED) is 0.0590. The average molecular weight is 1090 g/mol. The van der Waals surface area contributed by atoms with Crippen molar-refractivity contribution >= 4 is 89.8 Å². The summed E-state index contributed by atoms with van der Waals surface area (Å²) >= 11 is 0. The minimum Gasteiger partial charge on any atom is -0.396 e. The predicted molar refractivity (Wildman–Crippen MR) is 285 cm³/mol. The summed E-state index contributed by atoms with van der Waals surface area (Å²) in [6, 6.07) is 18.0. The van der Waals surface area contributed by atoms with Gasteiger partial charge in [-0.2, -0.15) is 0 Å². The summed E-state index contributed by atoms with van der Waals surface area (Å²) in [6.07, 6.45) is 0. The Labute approximate surface area is 442 Å². The van der Waals surface area contributed by atoms with Crippen LogP contribution in [-0.2, 0) is 51.9 Å². The van der Waals surface area contributed by atoms with Crippen molar-refractivity contribution in [2.75, 3.05) is 16.0 Å². The highest BCUT2D eigenvalue weighted by Gasteiger charge is 2.32. The molecule has 0 spiro atoms. The van der Waals surface area contributed by atoms with Crippen LogP contribution in [0.5, 0.6) is 0 Å². The lowest BCUT2D eigenvalue weighted by Crippen LogP contribution is -2.35.